The SMILES string of the molecule is CCCNc1ccnc(-c2ccc(F)cc2C)c1. The highest BCUT2D eigenvalue weighted by molar-refractivity contribution is 5.67. The van der Waals surface area contributed by atoms with Gasteiger partial charge in [-0.25, -0.2) is 4.39 Å². The van der Waals surface area contributed by atoms with Gasteiger partial charge in [-0.15, -0.1) is 0 Å². The van der Waals surface area contributed by atoms with E-state index in [0.717, 1.165) is 35.5 Å². The number of hydrogen-bond donors (Lipinski definition) is 1. The number of nitrogens with one attached hydrogen (secondary N) is 1. The molecule has 0 saturated carbocycles. The van der Waals surface area contributed by atoms with Crippen LogP contribution in [0.25, 0.3) is 11.3 Å². The molecule has 0 aliphatic rings. The minimum Gasteiger partial charge on any atom is -0.385 e. The third-order valence-corrected chi connectivity index (χ3v) is 2.80. The minimum absolute atomic E-state index is 0.212. The molecule has 0 fully saturated rings. The largest absolute Gasteiger partial charge is 0.385 e. The Bertz CT molecular complexity index is 538. The van der Waals surface area contributed by atoms with Gasteiger partial charge in [0.2, 0.25) is 0 Å². The van der Waals surface area contributed by atoms with Crippen molar-refractivity contribution in [3.63, 3.8) is 0 Å². The van der Waals surface area contributed by atoms with E-state index in [9.17, 15) is 4.39 Å². The number of pyridine rings is 1. The molecule has 2 rings (SSSR count). The van der Waals surface area contributed by atoms with Gasteiger partial charge in [-0.2, -0.15) is 0 Å². The number of hydrogen-bond acceptors (Lipinski definition) is 2. The zero-order valence-corrected chi connectivity index (χ0v) is 10.7. The van der Waals surface area contributed by atoms with Crippen LogP contribution in [-0.2, 0) is 0 Å². The van der Waals surface area contributed by atoms with Gasteiger partial charge in [0.1, 0.15) is 5.82 Å². The maximum atomic E-state index is 13.1. The molecule has 2 nitrogen and oxygen atoms in total. The number of aromatic nitrogens is 1. The average molecular weight is 244 g/mol. The first-order valence-corrected chi connectivity index (χ1v) is 6.17. The standard InChI is InChI=1S/C15H17FN2/c1-3-7-17-13-6-8-18-15(10-13)14-5-4-12(16)9-11(14)2/h4-6,8-10H,3,7H2,1-2H3,(H,17,18). The first-order chi connectivity index (χ1) is 8.70. The van der Waals surface area contributed by atoms with Gasteiger partial charge in [-0.05, 0) is 49.2 Å². The number of nitrogens with zero attached hydrogens (tertiary/aromatic N) is 1. The third kappa shape index (κ3) is 2.86. The molecule has 0 amide bonds. The van der Waals surface area contributed by atoms with Crippen LogP contribution < -0.4 is 5.32 Å². The lowest BCUT2D eigenvalue weighted by Crippen LogP contribution is -2.00. The van der Waals surface area contributed by atoms with E-state index >= 15 is 0 Å². The second-order valence-corrected chi connectivity index (χ2v) is 4.32. The van der Waals surface area contributed by atoms with Crippen molar-refractivity contribution in [3.05, 3.63) is 47.9 Å². The van der Waals surface area contributed by atoms with Gasteiger partial charge < -0.3 is 5.32 Å². The van der Waals surface area contributed by atoms with Crippen LogP contribution in [0.2, 0.25) is 0 Å². The Hall–Kier alpha value is -1.90. The molecule has 0 aliphatic heterocycles. The summed E-state index contributed by atoms with van der Waals surface area (Å²) in [6, 6.07) is 8.71. The van der Waals surface area contributed by atoms with Crippen molar-refractivity contribution in [1.29, 1.82) is 0 Å². The van der Waals surface area contributed by atoms with Gasteiger partial charge in [0.05, 0.1) is 5.69 Å². The first-order valence-electron chi connectivity index (χ1n) is 6.17. The molecule has 2 aromatic rings. The van der Waals surface area contributed by atoms with Gasteiger partial charge in [-0.3, -0.25) is 4.98 Å². The molecule has 0 radical (unpaired) electrons. The quantitative estimate of drug-likeness (QED) is 0.878. The van der Waals surface area contributed by atoms with E-state index in [1.165, 1.54) is 12.1 Å². The van der Waals surface area contributed by atoms with Crippen molar-refractivity contribution < 1.29 is 4.39 Å². The summed E-state index contributed by atoms with van der Waals surface area (Å²) in [5.41, 5.74) is 3.78. The molecule has 0 unspecified atom stereocenters. The summed E-state index contributed by atoms with van der Waals surface area (Å²) in [6.45, 7) is 4.96. The molecule has 1 N–H and O–H groups in total. The highest BCUT2D eigenvalue weighted by Crippen LogP contribution is 2.24. The maximum absolute atomic E-state index is 13.1. The predicted octanol–water partition coefficient (Wildman–Crippen LogP) is 4.02. The summed E-state index contributed by atoms with van der Waals surface area (Å²) in [5, 5.41) is 3.32. The Balaban J connectivity index is 2.32. The normalized spacial score (nSPS) is 10.4. The van der Waals surface area contributed by atoms with Crippen molar-refractivity contribution >= 4 is 5.69 Å². The van der Waals surface area contributed by atoms with Crippen LogP contribution in [-0.4, -0.2) is 11.5 Å². The molecule has 1 aromatic carbocycles. The summed E-state index contributed by atoms with van der Waals surface area (Å²) in [6.07, 6.45) is 2.85. The minimum atomic E-state index is -0.212. The van der Waals surface area contributed by atoms with Gasteiger partial charge in [0, 0.05) is 24.0 Å². The molecule has 3 heteroatoms. The molecule has 1 aromatic heterocycles. The van der Waals surface area contributed by atoms with Crippen LogP contribution in [0, 0.1) is 12.7 Å². The van der Waals surface area contributed by atoms with E-state index in [1.807, 2.05) is 19.1 Å². The van der Waals surface area contributed by atoms with Crippen LogP contribution in [0.5, 0.6) is 0 Å². The summed E-state index contributed by atoms with van der Waals surface area (Å²) in [4.78, 5) is 4.35. The van der Waals surface area contributed by atoms with Crippen LogP contribution in [0.3, 0.4) is 0 Å². The fourth-order valence-electron chi connectivity index (χ4n) is 1.87. The molecule has 1 heterocycles. The molecular formula is C15H17FN2. The van der Waals surface area contributed by atoms with Crippen molar-refractivity contribution in [2.45, 2.75) is 20.3 Å². The Labute approximate surface area is 107 Å². The topological polar surface area (TPSA) is 24.9 Å². The van der Waals surface area contributed by atoms with Gasteiger partial charge in [0.25, 0.3) is 0 Å². The van der Waals surface area contributed by atoms with E-state index < -0.39 is 0 Å². The zero-order chi connectivity index (χ0) is 13.0. The molecular weight excluding hydrogens is 227 g/mol. The lowest BCUT2D eigenvalue weighted by atomic mass is 10.0. The van der Waals surface area contributed by atoms with E-state index in [1.54, 1.807) is 12.3 Å². The Morgan fingerprint density at radius 1 is 1.22 bits per heavy atom. The monoisotopic (exact) mass is 244 g/mol. The molecule has 18 heavy (non-hydrogen) atoms. The molecule has 0 atom stereocenters. The van der Waals surface area contributed by atoms with Crippen molar-refractivity contribution in [3.8, 4) is 11.3 Å². The summed E-state index contributed by atoms with van der Waals surface area (Å²) in [7, 11) is 0. The number of rotatable bonds is 4. The Morgan fingerprint density at radius 2 is 2.06 bits per heavy atom. The maximum Gasteiger partial charge on any atom is 0.123 e. The van der Waals surface area contributed by atoms with Crippen LogP contribution in [0.15, 0.2) is 36.5 Å². The average Bonchev–Trinajstić information content (AvgIpc) is 2.36. The zero-order valence-electron chi connectivity index (χ0n) is 10.7. The summed E-state index contributed by atoms with van der Waals surface area (Å²) >= 11 is 0. The van der Waals surface area contributed by atoms with Crippen molar-refractivity contribution in [2.75, 3.05) is 11.9 Å². The van der Waals surface area contributed by atoms with E-state index in [2.05, 4.69) is 17.2 Å². The lowest BCUT2D eigenvalue weighted by Gasteiger charge is -2.08. The summed E-state index contributed by atoms with van der Waals surface area (Å²) in [5.74, 6) is -0.212. The van der Waals surface area contributed by atoms with Crippen LogP contribution >= 0.6 is 0 Å². The van der Waals surface area contributed by atoms with E-state index in [-0.39, 0.29) is 5.82 Å². The van der Waals surface area contributed by atoms with E-state index in [0.29, 0.717) is 0 Å². The van der Waals surface area contributed by atoms with Crippen molar-refractivity contribution in [1.82, 2.24) is 4.98 Å². The number of halogens is 1. The Kier molecular flexibility index (Phi) is 3.92. The lowest BCUT2D eigenvalue weighted by molar-refractivity contribution is 0.627. The van der Waals surface area contributed by atoms with Gasteiger partial charge in [-0.1, -0.05) is 6.92 Å². The highest BCUT2D eigenvalue weighted by atomic mass is 19.1. The molecule has 0 bridgehead atoms. The molecule has 0 saturated heterocycles. The van der Waals surface area contributed by atoms with Crippen LogP contribution in [0.1, 0.15) is 18.9 Å². The van der Waals surface area contributed by atoms with Gasteiger partial charge in [0.15, 0.2) is 0 Å². The number of benzene rings is 1. The first kappa shape index (κ1) is 12.6. The summed E-state index contributed by atoms with van der Waals surface area (Å²) < 4.78 is 13.1. The van der Waals surface area contributed by atoms with E-state index in [4.69, 9.17) is 0 Å². The van der Waals surface area contributed by atoms with Crippen LogP contribution in [0.4, 0.5) is 10.1 Å². The second-order valence-electron chi connectivity index (χ2n) is 4.32. The Morgan fingerprint density at radius 3 is 2.78 bits per heavy atom. The molecule has 94 valence electrons. The third-order valence-electron chi connectivity index (χ3n) is 2.80. The number of aryl methyl sites for hydroxylation is 1. The fraction of sp³-hybridized carbons (Fsp3) is 0.267. The number of anilines is 1. The molecule has 0 spiro atoms. The molecule has 0 aliphatic carbocycles. The fourth-order valence-corrected chi connectivity index (χ4v) is 1.87. The van der Waals surface area contributed by atoms with Gasteiger partial charge >= 0.3 is 0 Å². The highest BCUT2D eigenvalue weighted by Gasteiger charge is 2.05. The van der Waals surface area contributed by atoms with Crippen molar-refractivity contribution in [2.24, 2.45) is 0 Å². The smallest absolute Gasteiger partial charge is 0.123 e. The predicted molar refractivity (Wildman–Crippen MR) is 73.1 cm³/mol. The second kappa shape index (κ2) is 5.63.